The van der Waals surface area contributed by atoms with E-state index in [-0.39, 0.29) is 18.0 Å². The van der Waals surface area contributed by atoms with Crippen molar-refractivity contribution in [2.24, 2.45) is 0 Å². The summed E-state index contributed by atoms with van der Waals surface area (Å²) in [5.41, 5.74) is 0.494. The van der Waals surface area contributed by atoms with Gasteiger partial charge in [0.05, 0.1) is 6.54 Å². The second-order valence-electron chi connectivity index (χ2n) is 4.53. The monoisotopic (exact) mass is 251 g/mol. The minimum absolute atomic E-state index is 0.0815. The van der Waals surface area contributed by atoms with Crippen LogP contribution in [0.1, 0.15) is 32.3 Å². The highest BCUT2D eigenvalue weighted by molar-refractivity contribution is 5.82. The number of carbonyl (C=O) groups excluding carboxylic acids is 1. The molecular formula is C15H22FNO. The molecule has 18 heavy (non-hydrogen) atoms. The molecule has 0 spiro atoms. The molecular weight excluding hydrogens is 229 g/mol. The number of nitrogens with zero attached hydrogens (tertiary/aromatic N) is 1. The van der Waals surface area contributed by atoms with Crippen LogP contribution in [0.3, 0.4) is 0 Å². The van der Waals surface area contributed by atoms with Crippen molar-refractivity contribution in [3.8, 4) is 0 Å². The summed E-state index contributed by atoms with van der Waals surface area (Å²) in [5, 5.41) is 0. The third-order valence-electron chi connectivity index (χ3n) is 3.02. The summed E-state index contributed by atoms with van der Waals surface area (Å²) < 4.78 is 13.4. The van der Waals surface area contributed by atoms with E-state index in [4.69, 9.17) is 0 Å². The van der Waals surface area contributed by atoms with E-state index in [1.54, 1.807) is 18.2 Å². The number of ketones is 1. The predicted octanol–water partition coefficient (Wildman–Crippen LogP) is 3.06. The molecule has 0 atom stereocenters. The molecule has 0 saturated heterocycles. The van der Waals surface area contributed by atoms with Gasteiger partial charge in [0.15, 0.2) is 5.78 Å². The van der Waals surface area contributed by atoms with Crippen LogP contribution < -0.4 is 0 Å². The normalized spacial score (nSPS) is 10.9. The van der Waals surface area contributed by atoms with E-state index < -0.39 is 0 Å². The van der Waals surface area contributed by atoms with Gasteiger partial charge in [0.1, 0.15) is 5.82 Å². The van der Waals surface area contributed by atoms with Crippen LogP contribution in [0.4, 0.5) is 4.39 Å². The molecule has 0 aliphatic carbocycles. The quantitative estimate of drug-likeness (QED) is 0.707. The number of unbranched alkanes of at least 4 members (excludes halogenated alkanes) is 1. The molecule has 0 bridgehead atoms. The molecule has 0 unspecified atom stereocenters. The lowest BCUT2D eigenvalue weighted by Crippen LogP contribution is -2.31. The van der Waals surface area contributed by atoms with Gasteiger partial charge in [-0.25, -0.2) is 4.39 Å². The zero-order valence-corrected chi connectivity index (χ0v) is 11.3. The van der Waals surface area contributed by atoms with Crippen LogP contribution >= 0.6 is 0 Å². The third kappa shape index (κ3) is 4.96. The van der Waals surface area contributed by atoms with Crippen LogP contribution in [-0.4, -0.2) is 30.3 Å². The molecule has 1 aromatic rings. The molecule has 0 aliphatic rings. The van der Waals surface area contributed by atoms with Crippen LogP contribution in [0.25, 0.3) is 0 Å². The zero-order chi connectivity index (χ0) is 13.4. The van der Waals surface area contributed by atoms with Crippen molar-refractivity contribution in [2.45, 2.75) is 33.1 Å². The Balaban J connectivity index is 2.48. The van der Waals surface area contributed by atoms with E-state index in [2.05, 4.69) is 11.8 Å². The summed E-state index contributed by atoms with van der Waals surface area (Å²) in [4.78, 5) is 14.0. The second-order valence-corrected chi connectivity index (χ2v) is 4.53. The first-order valence-electron chi connectivity index (χ1n) is 6.64. The lowest BCUT2D eigenvalue weighted by Gasteiger charge is -2.19. The average Bonchev–Trinajstić information content (AvgIpc) is 2.37. The molecule has 0 aliphatic heterocycles. The topological polar surface area (TPSA) is 20.3 Å². The van der Waals surface area contributed by atoms with E-state index in [0.29, 0.717) is 12.1 Å². The molecule has 0 N–H and O–H groups in total. The van der Waals surface area contributed by atoms with Crippen molar-refractivity contribution < 1.29 is 9.18 Å². The number of rotatable bonds is 8. The molecule has 0 aromatic heterocycles. The molecule has 0 radical (unpaired) electrons. The van der Waals surface area contributed by atoms with Crippen molar-refractivity contribution in [1.82, 2.24) is 4.90 Å². The minimum Gasteiger partial charge on any atom is -0.298 e. The maximum Gasteiger partial charge on any atom is 0.151 e. The maximum absolute atomic E-state index is 13.4. The van der Waals surface area contributed by atoms with Gasteiger partial charge in [0.25, 0.3) is 0 Å². The van der Waals surface area contributed by atoms with Gasteiger partial charge in [-0.15, -0.1) is 0 Å². The Hall–Kier alpha value is -1.22. The molecule has 1 aromatic carbocycles. The van der Waals surface area contributed by atoms with Crippen LogP contribution in [0.5, 0.6) is 0 Å². The fourth-order valence-corrected chi connectivity index (χ4v) is 1.89. The summed E-state index contributed by atoms with van der Waals surface area (Å²) in [6, 6.07) is 6.48. The smallest absolute Gasteiger partial charge is 0.151 e. The number of hydrogen-bond donors (Lipinski definition) is 0. The lowest BCUT2D eigenvalue weighted by atomic mass is 10.1. The van der Waals surface area contributed by atoms with Gasteiger partial charge in [-0.05, 0) is 31.1 Å². The molecule has 100 valence electrons. The molecule has 0 fully saturated rings. The summed E-state index contributed by atoms with van der Waals surface area (Å²) in [5.74, 6) is -0.208. The van der Waals surface area contributed by atoms with Crippen molar-refractivity contribution in [3.63, 3.8) is 0 Å². The zero-order valence-electron chi connectivity index (χ0n) is 11.3. The molecule has 2 nitrogen and oxygen atoms in total. The van der Waals surface area contributed by atoms with Crippen molar-refractivity contribution in [2.75, 3.05) is 19.6 Å². The van der Waals surface area contributed by atoms with Crippen LogP contribution in [0.2, 0.25) is 0 Å². The standard InChI is InChI=1S/C15H22FNO/c1-3-5-10-17(4-2)12-14(18)11-13-8-6-7-9-15(13)16/h6-9H,3-5,10-12H2,1-2H3. The van der Waals surface area contributed by atoms with Gasteiger partial charge in [0.2, 0.25) is 0 Å². The summed E-state index contributed by atoms with van der Waals surface area (Å²) in [6.07, 6.45) is 2.41. The number of halogens is 1. The minimum atomic E-state index is -0.289. The van der Waals surface area contributed by atoms with Gasteiger partial charge in [0, 0.05) is 6.42 Å². The second kappa shape index (κ2) is 7.98. The van der Waals surface area contributed by atoms with Gasteiger partial charge in [-0.3, -0.25) is 9.69 Å². The van der Waals surface area contributed by atoms with Crippen molar-refractivity contribution in [1.29, 1.82) is 0 Å². The fourth-order valence-electron chi connectivity index (χ4n) is 1.89. The van der Waals surface area contributed by atoms with E-state index in [1.807, 2.05) is 6.92 Å². The summed E-state index contributed by atoms with van der Waals surface area (Å²) >= 11 is 0. The van der Waals surface area contributed by atoms with Crippen LogP contribution in [0, 0.1) is 5.82 Å². The van der Waals surface area contributed by atoms with E-state index >= 15 is 0 Å². The maximum atomic E-state index is 13.4. The van der Waals surface area contributed by atoms with Gasteiger partial charge in [-0.1, -0.05) is 38.5 Å². The number of carbonyl (C=O) groups is 1. The van der Waals surface area contributed by atoms with Crippen molar-refractivity contribution >= 4 is 5.78 Å². The Kier molecular flexibility index (Phi) is 6.58. The molecule has 0 amide bonds. The van der Waals surface area contributed by atoms with Gasteiger partial charge in [-0.2, -0.15) is 0 Å². The number of benzene rings is 1. The van der Waals surface area contributed by atoms with E-state index in [1.165, 1.54) is 6.07 Å². The molecule has 1 rings (SSSR count). The summed E-state index contributed by atoms with van der Waals surface area (Å²) in [6.45, 7) is 6.41. The third-order valence-corrected chi connectivity index (χ3v) is 3.02. The van der Waals surface area contributed by atoms with E-state index in [9.17, 15) is 9.18 Å². The number of hydrogen-bond acceptors (Lipinski definition) is 2. The van der Waals surface area contributed by atoms with Crippen LogP contribution in [-0.2, 0) is 11.2 Å². The van der Waals surface area contributed by atoms with E-state index in [0.717, 1.165) is 25.9 Å². The Morgan fingerprint density at radius 1 is 1.28 bits per heavy atom. The van der Waals surface area contributed by atoms with Gasteiger partial charge < -0.3 is 0 Å². The van der Waals surface area contributed by atoms with Gasteiger partial charge >= 0.3 is 0 Å². The predicted molar refractivity (Wildman–Crippen MR) is 72.1 cm³/mol. The first-order chi connectivity index (χ1) is 8.67. The highest BCUT2D eigenvalue weighted by atomic mass is 19.1. The molecule has 3 heteroatoms. The molecule has 0 saturated carbocycles. The Morgan fingerprint density at radius 2 is 2.00 bits per heavy atom. The average molecular weight is 251 g/mol. The largest absolute Gasteiger partial charge is 0.298 e. The summed E-state index contributed by atoms with van der Waals surface area (Å²) in [7, 11) is 0. The highest BCUT2D eigenvalue weighted by Gasteiger charge is 2.11. The first-order valence-corrected chi connectivity index (χ1v) is 6.64. The number of Topliss-reactive ketones (excluding diaryl/α,β-unsaturated/α-hetero) is 1. The lowest BCUT2D eigenvalue weighted by molar-refractivity contribution is -0.119. The Morgan fingerprint density at radius 3 is 2.61 bits per heavy atom. The Labute approximate surface area is 109 Å². The number of likely N-dealkylation sites (N-methyl/N-ethyl adjacent to an activating group) is 1. The van der Waals surface area contributed by atoms with Crippen molar-refractivity contribution in [3.05, 3.63) is 35.6 Å². The fraction of sp³-hybridized carbons (Fsp3) is 0.533. The SMILES string of the molecule is CCCCN(CC)CC(=O)Cc1ccccc1F. The first kappa shape index (κ1) is 14.8. The highest BCUT2D eigenvalue weighted by Crippen LogP contribution is 2.08. The molecule has 0 heterocycles. The Bertz CT molecular complexity index is 379. The van der Waals surface area contributed by atoms with Crippen LogP contribution in [0.15, 0.2) is 24.3 Å².